The van der Waals surface area contributed by atoms with E-state index in [9.17, 15) is 9.50 Å². The minimum absolute atomic E-state index is 0.291. The zero-order valence-electron chi connectivity index (χ0n) is 14.6. The van der Waals surface area contributed by atoms with Crippen molar-refractivity contribution in [3.63, 3.8) is 0 Å². The van der Waals surface area contributed by atoms with E-state index in [1.54, 1.807) is 12.1 Å². The Morgan fingerprint density at radius 2 is 1.58 bits per heavy atom. The third kappa shape index (κ3) is 3.28. The molecule has 0 radical (unpaired) electrons. The highest BCUT2D eigenvalue weighted by molar-refractivity contribution is 5.42. The summed E-state index contributed by atoms with van der Waals surface area (Å²) in [6.07, 6.45) is 0.881. The van der Waals surface area contributed by atoms with Crippen LogP contribution in [0.4, 0.5) is 4.39 Å². The van der Waals surface area contributed by atoms with Gasteiger partial charge in [-0.3, -0.25) is 4.90 Å². The summed E-state index contributed by atoms with van der Waals surface area (Å²) in [5, 5.41) is 11.7. The number of rotatable bonds is 3. The molecule has 0 bridgehead atoms. The van der Waals surface area contributed by atoms with Crippen molar-refractivity contribution >= 4 is 0 Å². The topological polar surface area (TPSA) is 23.5 Å². The summed E-state index contributed by atoms with van der Waals surface area (Å²) >= 11 is 0. The van der Waals surface area contributed by atoms with Crippen LogP contribution in [0.15, 0.2) is 78.9 Å². The van der Waals surface area contributed by atoms with Crippen LogP contribution in [-0.2, 0) is 18.6 Å². The molecule has 0 saturated heterocycles. The Kier molecular flexibility index (Phi) is 4.58. The maximum absolute atomic E-state index is 13.4. The Balaban J connectivity index is 1.73. The summed E-state index contributed by atoms with van der Waals surface area (Å²) in [5.74, 6) is -0.291. The molecule has 0 saturated carbocycles. The molecule has 1 heterocycles. The lowest BCUT2D eigenvalue weighted by Gasteiger charge is -2.33. The van der Waals surface area contributed by atoms with Crippen molar-refractivity contribution in [2.24, 2.45) is 0 Å². The lowest BCUT2D eigenvalue weighted by Crippen LogP contribution is -2.40. The molecular weight excluding hydrogens is 325 g/mol. The Bertz CT molecular complexity index is 878. The average Bonchev–Trinajstić information content (AvgIpc) is 2.81. The van der Waals surface area contributed by atoms with Gasteiger partial charge in [0.25, 0.3) is 0 Å². The van der Waals surface area contributed by atoms with Gasteiger partial charge in [0, 0.05) is 19.6 Å². The molecule has 0 fully saturated rings. The predicted molar refractivity (Wildman–Crippen MR) is 101 cm³/mol. The van der Waals surface area contributed by atoms with Crippen molar-refractivity contribution in [3.8, 4) is 0 Å². The molecule has 1 N–H and O–H groups in total. The Morgan fingerprint density at radius 3 is 2.35 bits per heavy atom. The highest BCUT2D eigenvalue weighted by Gasteiger charge is 2.37. The van der Waals surface area contributed by atoms with Gasteiger partial charge in [-0.1, -0.05) is 66.7 Å². The summed E-state index contributed by atoms with van der Waals surface area (Å²) in [4.78, 5) is 2.28. The largest absolute Gasteiger partial charge is 0.379 e. The molecule has 1 unspecified atom stereocenters. The first-order chi connectivity index (χ1) is 12.6. The summed E-state index contributed by atoms with van der Waals surface area (Å²) in [7, 11) is 0. The van der Waals surface area contributed by atoms with Crippen LogP contribution in [0.2, 0.25) is 0 Å². The first kappa shape index (κ1) is 17.0. The van der Waals surface area contributed by atoms with E-state index in [4.69, 9.17) is 0 Å². The third-order valence-electron chi connectivity index (χ3n) is 5.18. The number of β-amino-alcohol motifs (C(OH)–C–C–N with tert-alkyl or cyclic N) is 1. The fraction of sp³-hybridized carbons (Fsp3) is 0.217. The van der Waals surface area contributed by atoms with Gasteiger partial charge in [0.1, 0.15) is 11.4 Å². The van der Waals surface area contributed by atoms with Crippen LogP contribution in [0, 0.1) is 5.82 Å². The lowest BCUT2D eigenvalue weighted by molar-refractivity contribution is 0.0383. The van der Waals surface area contributed by atoms with Crippen LogP contribution < -0.4 is 0 Å². The molecule has 0 aliphatic carbocycles. The number of hydrogen-bond acceptors (Lipinski definition) is 2. The van der Waals surface area contributed by atoms with Gasteiger partial charge in [0.2, 0.25) is 0 Å². The van der Waals surface area contributed by atoms with E-state index in [1.807, 2.05) is 36.4 Å². The normalized spacial score (nSPS) is 20.4. The van der Waals surface area contributed by atoms with Gasteiger partial charge >= 0.3 is 0 Å². The molecule has 4 rings (SSSR count). The van der Waals surface area contributed by atoms with E-state index in [-0.39, 0.29) is 5.82 Å². The molecule has 26 heavy (non-hydrogen) atoms. The van der Waals surface area contributed by atoms with Gasteiger partial charge in [-0.25, -0.2) is 4.39 Å². The van der Waals surface area contributed by atoms with E-state index < -0.39 is 5.60 Å². The number of hydrogen-bond donors (Lipinski definition) is 1. The van der Waals surface area contributed by atoms with Crippen LogP contribution in [-0.4, -0.2) is 23.1 Å². The highest BCUT2D eigenvalue weighted by Crippen LogP contribution is 2.35. The zero-order chi connectivity index (χ0) is 18.0. The smallest absolute Gasteiger partial charge is 0.127 e. The zero-order valence-corrected chi connectivity index (χ0v) is 14.6. The van der Waals surface area contributed by atoms with E-state index in [2.05, 4.69) is 23.1 Å². The van der Waals surface area contributed by atoms with Crippen LogP contribution in [0.25, 0.3) is 0 Å². The van der Waals surface area contributed by atoms with E-state index in [0.717, 1.165) is 36.2 Å². The van der Waals surface area contributed by atoms with Crippen molar-refractivity contribution < 1.29 is 9.50 Å². The van der Waals surface area contributed by atoms with E-state index in [1.165, 1.54) is 17.7 Å². The predicted octanol–water partition coefficient (Wildman–Crippen LogP) is 4.12. The molecule has 0 aromatic heterocycles. The van der Waals surface area contributed by atoms with E-state index in [0.29, 0.717) is 6.54 Å². The second-order valence-electron chi connectivity index (χ2n) is 6.97. The average molecular weight is 347 g/mol. The molecule has 1 atom stereocenters. The fourth-order valence-corrected chi connectivity index (χ4v) is 3.86. The number of halogens is 1. The minimum Gasteiger partial charge on any atom is -0.379 e. The first-order valence-corrected chi connectivity index (χ1v) is 8.98. The van der Waals surface area contributed by atoms with Crippen molar-refractivity contribution in [1.29, 1.82) is 0 Å². The highest BCUT2D eigenvalue weighted by atomic mass is 19.1. The minimum atomic E-state index is -1.16. The molecule has 2 nitrogen and oxygen atoms in total. The SMILES string of the molecule is OC1(c2ccc(F)cc2)CN(Cc2ccccc2)CCc2ccccc21. The summed E-state index contributed by atoms with van der Waals surface area (Å²) in [6, 6.07) is 24.6. The molecular formula is C23H22FNO. The number of benzene rings is 3. The number of nitrogens with zero attached hydrogens (tertiary/aromatic N) is 1. The molecule has 3 heteroatoms. The summed E-state index contributed by atoms with van der Waals surface area (Å²) < 4.78 is 13.4. The van der Waals surface area contributed by atoms with Crippen LogP contribution in [0.3, 0.4) is 0 Å². The van der Waals surface area contributed by atoms with Gasteiger partial charge in [-0.2, -0.15) is 0 Å². The first-order valence-electron chi connectivity index (χ1n) is 8.98. The monoisotopic (exact) mass is 347 g/mol. The van der Waals surface area contributed by atoms with Crippen LogP contribution >= 0.6 is 0 Å². The Morgan fingerprint density at radius 1 is 0.885 bits per heavy atom. The van der Waals surface area contributed by atoms with Crippen molar-refractivity contribution in [2.75, 3.05) is 13.1 Å². The van der Waals surface area contributed by atoms with Crippen molar-refractivity contribution in [1.82, 2.24) is 4.90 Å². The van der Waals surface area contributed by atoms with Gasteiger partial charge in [-0.15, -0.1) is 0 Å². The summed E-state index contributed by atoms with van der Waals surface area (Å²) in [6.45, 7) is 2.12. The third-order valence-corrected chi connectivity index (χ3v) is 5.18. The molecule has 1 aliphatic rings. The Hall–Kier alpha value is -2.49. The molecule has 3 aromatic carbocycles. The second-order valence-corrected chi connectivity index (χ2v) is 6.97. The molecule has 3 aromatic rings. The van der Waals surface area contributed by atoms with Crippen molar-refractivity contribution in [2.45, 2.75) is 18.6 Å². The fourth-order valence-electron chi connectivity index (χ4n) is 3.86. The molecule has 0 amide bonds. The molecule has 0 spiro atoms. The maximum atomic E-state index is 13.4. The molecule has 1 aliphatic heterocycles. The van der Waals surface area contributed by atoms with Crippen LogP contribution in [0.5, 0.6) is 0 Å². The second kappa shape index (κ2) is 7.02. The summed E-state index contributed by atoms with van der Waals surface area (Å²) in [5.41, 5.74) is 2.86. The van der Waals surface area contributed by atoms with Gasteiger partial charge in [-0.05, 0) is 40.8 Å². The quantitative estimate of drug-likeness (QED) is 0.770. The number of fused-ring (bicyclic) bond motifs is 1. The van der Waals surface area contributed by atoms with Crippen LogP contribution in [0.1, 0.15) is 22.3 Å². The number of aliphatic hydroxyl groups is 1. The van der Waals surface area contributed by atoms with Gasteiger partial charge in [0.05, 0.1) is 0 Å². The lowest BCUT2D eigenvalue weighted by atomic mass is 9.83. The Labute approximate surface area is 153 Å². The van der Waals surface area contributed by atoms with Crippen molar-refractivity contribution in [3.05, 3.63) is 107 Å². The van der Waals surface area contributed by atoms with Gasteiger partial charge < -0.3 is 5.11 Å². The molecule has 132 valence electrons. The van der Waals surface area contributed by atoms with E-state index >= 15 is 0 Å². The maximum Gasteiger partial charge on any atom is 0.127 e. The van der Waals surface area contributed by atoms with Gasteiger partial charge in [0.15, 0.2) is 0 Å². The standard InChI is InChI=1S/C23H22FNO/c24-21-12-10-20(11-13-21)23(26)17-25(16-18-6-2-1-3-7-18)15-14-19-8-4-5-9-22(19)23/h1-13,26H,14-17H2.